The van der Waals surface area contributed by atoms with Gasteiger partial charge in [-0.25, -0.2) is 0 Å². The van der Waals surface area contributed by atoms with Crippen molar-refractivity contribution in [1.82, 2.24) is 15.5 Å². The summed E-state index contributed by atoms with van der Waals surface area (Å²) in [6.07, 6.45) is 2.62. The highest BCUT2D eigenvalue weighted by atomic mass is 32.1. The topological polar surface area (TPSA) is 64.1 Å². The molecule has 2 heterocycles. The van der Waals surface area contributed by atoms with Gasteiger partial charge in [0.15, 0.2) is 0 Å². The van der Waals surface area contributed by atoms with Gasteiger partial charge in [0.05, 0.1) is 6.54 Å². The maximum Gasteiger partial charge on any atom is 0.252 e. The molecule has 0 bridgehead atoms. The number of aryl methyl sites for hydroxylation is 1. The molecule has 0 aromatic carbocycles. The first-order chi connectivity index (χ1) is 8.14. The largest absolute Gasteiger partial charge is 0.365 e. The molecule has 1 aliphatic rings. The lowest BCUT2D eigenvalue weighted by molar-refractivity contribution is -0.139. The number of ether oxygens (including phenoxy) is 1. The molecule has 0 spiro atoms. The van der Waals surface area contributed by atoms with Gasteiger partial charge in [0.25, 0.3) is 5.91 Å². The molecule has 0 radical (unpaired) electrons. The second-order valence-corrected chi connectivity index (χ2v) is 5.46. The second kappa shape index (κ2) is 5.10. The molecule has 1 fully saturated rings. The molecule has 5 nitrogen and oxygen atoms in total. The predicted molar refractivity (Wildman–Crippen MR) is 64.7 cm³/mol. The Morgan fingerprint density at radius 2 is 2.29 bits per heavy atom. The van der Waals surface area contributed by atoms with Crippen LogP contribution in [0.5, 0.6) is 0 Å². The number of carbonyl (C=O) groups excluding carboxylic acids is 1. The number of nitrogens with one attached hydrogen (secondary N) is 1. The predicted octanol–water partition coefficient (Wildman–Crippen LogP) is 1.29. The van der Waals surface area contributed by atoms with Gasteiger partial charge >= 0.3 is 0 Å². The molecule has 0 unspecified atom stereocenters. The van der Waals surface area contributed by atoms with E-state index < -0.39 is 5.60 Å². The van der Waals surface area contributed by atoms with E-state index >= 15 is 0 Å². The van der Waals surface area contributed by atoms with E-state index in [-0.39, 0.29) is 5.91 Å². The van der Waals surface area contributed by atoms with E-state index in [1.807, 2.05) is 13.8 Å². The average Bonchev–Trinajstić information content (AvgIpc) is 2.95. The van der Waals surface area contributed by atoms with Crippen LogP contribution in [0.3, 0.4) is 0 Å². The van der Waals surface area contributed by atoms with E-state index in [1.54, 1.807) is 0 Å². The summed E-state index contributed by atoms with van der Waals surface area (Å²) >= 11 is 1.54. The number of hydrogen-bond acceptors (Lipinski definition) is 5. The lowest BCUT2D eigenvalue weighted by Crippen LogP contribution is -2.43. The Kier molecular flexibility index (Phi) is 3.73. The Hall–Kier alpha value is -1.01. The zero-order chi connectivity index (χ0) is 12.3. The summed E-state index contributed by atoms with van der Waals surface area (Å²) in [5.74, 6) is -0.0525. The van der Waals surface area contributed by atoms with Crippen LogP contribution in [-0.4, -0.2) is 28.3 Å². The third-order valence-electron chi connectivity index (χ3n) is 2.91. The number of rotatable bonds is 4. The van der Waals surface area contributed by atoms with Crippen molar-refractivity contribution in [1.29, 1.82) is 0 Å². The van der Waals surface area contributed by atoms with Crippen molar-refractivity contribution in [2.45, 2.75) is 45.3 Å². The molecule has 1 saturated heterocycles. The Balaban J connectivity index is 1.87. The van der Waals surface area contributed by atoms with E-state index in [1.165, 1.54) is 11.3 Å². The molecule has 1 amide bonds. The summed E-state index contributed by atoms with van der Waals surface area (Å²) in [6.45, 7) is 4.99. The Morgan fingerprint density at radius 3 is 2.88 bits per heavy atom. The first-order valence-corrected chi connectivity index (χ1v) is 6.69. The molecule has 0 saturated carbocycles. The zero-order valence-corrected chi connectivity index (χ0v) is 11.0. The van der Waals surface area contributed by atoms with E-state index in [0.29, 0.717) is 13.2 Å². The van der Waals surface area contributed by atoms with E-state index in [4.69, 9.17) is 4.74 Å². The third-order valence-corrected chi connectivity index (χ3v) is 3.98. The molecule has 1 N–H and O–H groups in total. The highest BCUT2D eigenvalue weighted by Gasteiger charge is 2.37. The van der Waals surface area contributed by atoms with E-state index in [2.05, 4.69) is 15.5 Å². The van der Waals surface area contributed by atoms with Gasteiger partial charge in [-0.2, -0.15) is 0 Å². The normalized spacial score (nSPS) is 23.9. The molecule has 2 rings (SSSR count). The molecular weight excluding hydrogens is 238 g/mol. The van der Waals surface area contributed by atoms with Gasteiger partial charge in [0.1, 0.15) is 15.6 Å². The summed E-state index contributed by atoms with van der Waals surface area (Å²) in [6, 6.07) is 0. The SMILES string of the molecule is CCc1nnc(CNC(=O)[C@@]2(C)CCCO2)s1. The molecule has 17 heavy (non-hydrogen) atoms. The maximum atomic E-state index is 11.9. The van der Waals surface area contributed by atoms with Gasteiger partial charge in [-0.15, -0.1) is 10.2 Å². The second-order valence-electron chi connectivity index (χ2n) is 4.31. The third kappa shape index (κ3) is 2.81. The first kappa shape index (κ1) is 12.4. The lowest BCUT2D eigenvalue weighted by Gasteiger charge is -2.21. The van der Waals surface area contributed by atoms with Crippen LogP contribution in [0.4, 0.5) is 0 Å². The minimum Gasteiger partial charge on any atom is -0.365 e. The monoisotopic (exact) mass is 255 g/mol. The van der Waals surface area contributed by atoms with Crippen LogP contribution in [0.15, 0.2) is 0 Å². The minimum absolute atomic E-state index is 0.0525. The van der Waals surface area contributed by atoms with Crippen LogP contribution in [0.25, 0.3) is 0 Å². The quantitative estimate of drug-likeness (QED) is 0.880. The Morgan fingerprint density at radius 1 is 1.53 bits per heavy atom. The first-order valence-electron chi connectivity index (χ1n) is 5.87. The molecule has 6 heteroatoms. The van der Waals surface area contributed by atoms with Crippen molar-refractivity contribution in [2.24, 2.45) is 0 Å². The van der Waals surface area contributed by atoms with Crippen molar-refractivity contribution in [2.75, 3.05) is 6.61 Å². The van der Waals surface area contributed by atoms with Crippen LogP contribution in [0.1, 0.15) is 36.7 Å². The van der Waals surface area contributed by atoms with Gasteiger partial charge in [0.2, 0.25) is 0 Å². The molecule has 94 valence electrons. The molecule has 1 aliphatic heterocycles. The summed E-state index contributed by atoms with van der Waals surface area (Å²) in [4.78, 5) is 11.9. The standard InChI is InChI=1S/C11H17N3O2S/c1-3-8-13-14-9(17-8)7-12-10(15)11(2)5-4-6-16-11/h3-7H2,1-2H3,(H,12,15)/t11-/m1/s1. The average molecular weight is 255 g/mol. The van der Waals surface area contributed by atoms with Crippen molar-refractivity contribution < 1.29 is 9.53 Å². The van der Waals surface area contributed by atoms with Gasteiger partial charge in [-0.05, 0) is 26.2 Å². The minimum atomic E-state index is -0.654. The number of amides is 1. The van der Waals surface area contributed by atoms with Crippen molar-refractivity contribution >= 4 is 17.2 Å². The molecule has 1 aromatic heterocycles. The molecular formula is C11H17N3O2S. The highest BCUT2D eigenvalue weighted by Crippen LogP contribution is 2.25. The van der Waals surface area contributed by atoms with Gasteiger partial charge in [-0.1, -0.05) is 18.3 Å². The fourth-order valence-corrected chi connectivity index (χ4v) is 2.53. The van der Waals surface area contributed by atoms with E-state index in [0.717, 1.165) is 29.3 Å². The summed E-state index contributed by atoms with van der Waals surface area (Å²) in [5.41, 5.74) is -0.654. The van der Waals surface area contributed by atoms with Crippen LogP contribution in [0.2, 0.25) is 0 Å². The van der Waals surface area contributed by atoms with Gasteiger partial charge in [-0.3, -0.25) is 4.79 Å². The summed E-state index contributed by atoms with van der Waals surface area (Å²) in [7, 11) is 0. The molecule has 0 aliphatic carbocycles. The van der Waals surface area contributed by atoms with Crippen LogP contribution in [0, 0.1) is 0 Å². The Labute approximate surface area is 105 Å². The number of nitrogens with zero attached hydrogens (tertiary/aromatic N) is 2. The van der Waals surface area contributed by atoms with Crippen molar-refractivity contribution in [3.63, 3.8) is 0 Å². The zero-order valence-electron chi connectivity index (χ0n) is 10.2. The fourth-order valence-electron chi connectivity index (χ4n) is 1.80. The van der Waals surface area contributed by atoms with Crippen LogP contribution < -0.4 is 5.32 Å². The van der Waals surface area contributed by atoms with Crippen LogP contribution >= 0.6 is 11.3 Å². The highest BCUT2D eigenvalue weighted by molar-refractivity contribution is 7.11. The lowest BCUT2D eigenvalue weighted by atomic mass is 10.0. The Bertz CT molecular complexity index is 399. The summed E-state index contributed by atoms with van der Waals surface area (Å²) < 4.78 is 5.47. The molecule has 1 aromatic rings. The number of hydrogen-bond donors (Lipinski definition) is 1. The van der Waals surface area contributed by atoms with Crippen molar-refractivity contribution in [3.8, 4) is 0 Å². The fraction of sp³-hybridized carbons (Fsp3) is 0.727. The molecule has 1 atom stereocenters. The number of aromatic nitrogens is 2. The van der Waals surface area contributed by atoms with E-state index in [9.17, 15) is 4.79 Å². The van der Waals surface area contributed by atoms with Crippen molar-refractivity contribution in [3.05, 3.63) is 10.0 Å². The van der Waals surface area contributed by atoms with Crippen LogP contribution in [-0.2, 0) is 22.5 Å². The smallest absolute Gasteiger partial charge is 0.252 e. The summed E-state index contributed by atoms with van der Waals surface area (Å²) in [5, 5.41) is 12.7. The van der Waals surface area contributed by atoms with Gasteiger partial charge in [0, 0.05) is 6.61 Å². The van der Waals surface area contributed by atoms with Gasteiger partial charge < -0.3 is 10.1 Å². The number of carbonyl (C=O) groups is 1. The maximum absolute atomic E-state index is 11.9.